The first kappa shape index (κ1) is 15.3. The summed E-state index contributed by atoms with van der Waals surface area (Å²) < 4.78 is 0. The number of aryl methyl sites for hydroxylation is 1. The van der Waals surface area contributed by atoms with Gasteiger partial charge in [-0.25, -0.2) is 0 Å². The Hall–Kier alpha value is -3.19. The summed E-state index contributed by atoms with van der Waals surface area (Å²) in [6.45, 7) is 2.13. The van der Waals surface area contributed by atoms with Crippen molar-refractivity contribution in [3.63, 3.8) is 0 Å². The van der Waals surface area contributed by atoms with Gasteiger partial charge in [0.05, 0.1) is 5.69 Å². The van der Waals surface area contributed by atoms with E-state index in [1.807, 2.05) is 24.4 Å². The molecule has 1 nitrogen and oxygen atoms in total. The standard InChI is InChI=1S/C24H19N/c1-18-10-11-22(17-23(18)24-9-5-6-16-25-24)21-14-12-20(13-15-21)19-7-3-2-4-8-19/h2-17H,1H3. The van der Waals surface area contributed by atoms with Crippen molar-refractivity contribution in [2.24, 2.45) is 0 Å². The van der Waals surface area contributed by atoms with Crippen molar-refractivity contribution in [2.75, 3.05) is 0 Å². The molecule has 0 saturated carbocycles. The van der Waals surface area contributed by atoms with Crippen LogP contribution in [-0.4, -0.2) is 4.98 Å². The van der Waals surface area contributed by atoms with Crippen LogP contribution in [-0.2, 0) is 0 Å². The molecular weight excluding hydrogens is 302 g/mol. The van der Waals surface area contributed by atoms with Crippen LogP contribution in [0.15, 0.2) is 97.2 Å². The minimum Gasteiger partial charge on any atom is -0.256 e. The van der Waals surface area contributed by atoms with Gasteiger partial charge in [-0.2, -0.15) is 0 Å². The fourth-order valence-electron chi connectivity index (χ4n) is 3.09. The van der Waals surface area contributed by atoms with Crippen molar-refractivity contribution in [3.8, 4) is 33.5 Å². The van der Waals surface area contributed by atoms with Crippen molar-refractivity contribution in [3.05, 3.63) is 103 Å². The lowest BCUT2D eigenvalue weighted by Gasteiger charge is -2.10. The smallest absolute Gasteiger partial charge is 0.0704 e. The van der Waals surface area contributed by atoms with Gasteiger partial charge in [0.15, 0.2) is 0 Å². The minimum absolute atomic E-state index is 1.02. The van der Waals surface area contributed by atoms with Gasteiger partial charge in [0.2, 0.25) is 0 Å². The van der Waals surface area contributed by atoms with Gasteiger partial charge in [0.1, 0.15) is 0 Å². The highest BCUT2D eigenvalue weighted by molar-refractivity contribution is 5.75. The van der Waals surface area contributed by atoms with Crippen LogP contribution in [0.5, 0.6) is 0 Å². The molecule has 0 saturated heterocycles. The maximum Gasteiger partial charge on any atom is 0.0704 e. The summed E-state index contributed by atoms with van der Waals surface area (Å²) in [7, 11) is 0. The highest BCUT2D eigenvalue weighted by Gasteiger charge is 2.06. The number of pyridine rings is 1. The van der Waals surface area contributed by atoms with Crippen molar-refractivity contribution in [2.45, 2.75) is 6.92 Å². The molecule has 1 heteroatoms. The molecule has 0 bridgehead atoms. The number of aromatic nitrogens is 1. The first-order chi connectivity index (χ1) is 12.3. The van der Waals surface area contributed by atoms with Crippen molar-refractivity contribution in [1.82, 2.24) is 4.98 Å². The average molecular weight is 321 g/mol. The van der Waals surface area contributed by atoms with Gasteiger partial charge >= 0.3 is 0 Å². The summed E-state index contributed by atoms with van der Waals surface area (Å²) in [6.07, 6.45) is 1.84. The van der Waals surface area contributed by atoms with Gasteiger partial charge in [-0.3, -0.25) is 4.98 Å². The Morgan fingerprint density at radius 2 is 1.16 bits per heavy atom. The van der Waals surface area contributed by atoms with Crippen LogP contribution >= 0.6 is 0 Å². The summed E-state index contributed by atoms with van der Waals surface area (Å²) in [5.41, 5.74) is 8.35. The van der Waals surface area contributed by atoms with E-state index in [0.29, 0.717) is 0 Å². The zero-order valence-electron chi connectivity index (χ0n) is 14.2. The van der Waals surface area contributed by atoms with Crippen LogP contribution in [0, 0.1) is 6.92 Å². The predicted molar refractivity (Wildman–Crippen MR) is 105 cm³/mol. The second-order valence-electron chi connectivity index (χ2n) is 6.19. The molecule has 0 unspecified atom stereocenters. The zero-order chi connectivity index (χ0) is 17.1. The lowest BCUT2D eigenvalue weighted by molar-refractivity contribution is 1.31. The van der Waals surface area contributed by atoms with Gasteiger partial charge in [-0.15, -0.1) is 0 Å². The van der Waals surface area contributed by atoms with E-state index in [1.54, 1.807) is 0 Å². The van der Waals surface area contributed by atoms with Gasteiger partial charge in [0, 0.05) is 11.8 Å². The van der Waals surface area contributed by atoms with Crippen LogP contribution in [0.1, 0.15) is 5.56 Å². The van der Waals surface area contributed by atoms with Crippen molar-refractivity contribution >= 4 is 0 Å². The molecule has 0 amide bonds. The molecule has 0 aliphatic rings. The predicted octanol–water partition coefficient (Wildman–Crippen LogP) is 6.39. The van der Waals surface area contributed by atoms with Gasteiger partial charge < -0.3 is 0 Å². The molecule has 0 aliphatic carbocycles. The molecule has 1 aromatic heterocycles. The Morgan fingerprint density at radius 1 is 0.560 bits per heavy atom. The number of rotatable bonds is 3. The molecular formula is C24H19N. The Bertz CT molecular complexity index is 971. The van der Waals surface area contributed by atoms with E-state index < -0.39 is 0 Å². The van der Waals surface area contributed by atoms with Crippen molar-refractivity contribution < 1.29 is 0 Å². The number of hydrogen-bond acceptors (Lipinski definition) is 1. The van der Waals surface area contributed by atoms with Crippen molar-refractivity contribution in [1.29, 1.82) is 0 Å². The third-order valence-electron chi connectivity index (χ3n) is 4.50. The molecule has 25 heavy (non-hydrogen) atoms. The van der Waals surface area contributed by atoms with Gasteiger partial charge in [-0.05, 0) is 52.9 Å². The van der Waals surface area contributed by atoms with E-state index in [-0.39, 0.29) is 0 Å². The maximum absolute atomic E-state index is 4.50. The summed E-state index contributed by atoms with van der Waals surface area (Å²) in [6, 6.07) is 31.8. The Kier molecular flexibility index (Phi) is 4.14. The summed E-state index contributed by atoms with van der Waals surface area (Å²) in [5, 5.41) is 0. The molecule has 0 aliphatic heterocycles. The SMILES string of the molecule is Cc1ccc(-c2ccc(-c3ccccc3)cc2)cc1-c1ccccn1. The largest absolute Gasteiger partial charge is 0.256 e. The molecule has 120 valence electrons. The van der Waals surface area contributed by atoms with E-state index in [0.717, 1.165) is 5.69 Å². The van der Waals surface area contributed by atoms with E-state index in [2.05, 4.69) is 84.7 Å². The van der Waals surface area contributed by atoms with E-state index in [9.17, 15) is 0 Å². The third kappa shape index (κ3) is 3.22. The van der Waals surface area contributed by atoms with Gasteiger partial charge in [0.25, 0.3) is 0 Å². The molecule has 0 atom stereocenters. The van der Waals surface area contributed by atoms with Crippen LogP contribution in [0.25, 0.3) is 33.5 Å². The Balaban J connectivity index is 1.71. The minimum atomic E-state index is 1.02. The van der Waals surface area contributed by atoms with Crippen LogP contribution < -0.4 is 0 Å². The topological polar surface area (TPSA) is 12.9 Å². The molecule has 0 N–H and O–H groups in total. The summed E-state index contributed by atoms with van der Waals surface area (Å²) in [4.78, 5) is 4.50. The number of hydrogen-bond donors (Lipinski definition) is 0. The van der Waals surface area contributed by atoms with Gasteiger partial charge in [-0.1, -0.05) is 72.8 Å². The third-order valence-corrected chi connectivity index (χ3v) is 4.50. The Morgan fingerprint density at radius 3 is 1.84 bits per heavy atom. The maximum atomic E-state index is 4.50. The molecule has 3 aromatic carbocycles. The van der Waals surface area contributed by atoms with Crippen LogP contribution in [0.3, 0.4) is 0 Å². The summed E-state index contributed by atoms with van der Waals surface area (Å²) >= 11 is 0. The number of nitrogens with zero attached hydrogens (tertiary/aromatic N) is 1. The number of benzene rings is 3. The fraction of sp³-hybridized carbons (Fsp3) is 0.0417. The molecule has 0 fully saturated rings. The highest BCUT2D eigenvalue weighted by Crippen LogP contribution is 2.29. The van der Waals surface area contributed by atoms with Crippen LogP contribution in [0.2, 0.25) is 0 Å². The second-order valence-corrected chi connectivity index (χ2v) is 6.19. The van der Waals surface area contributed by atoms with E-state index in [4.69, 9.17) is 0 Å². The van der Waals surface area contributed by atoms with E-state index >= 15 is 0 Å². The molecule has 1 heterocycles. The van der Waals surface area contributed by atoms with E-state index in [1.165, 1.54) is 33.4 Å². The normalized spacial score (nSPS) is 10.6. The molecule has 4 rings (SSSR count). The molecule has 0 spiro atoms. The average Bonchev–Trinajstić information content (AvgIpc) is 2.70. The zero-order valence-corrected chi connectivity index (χ0v) is 14.2. The lowest BCUT2D eigenvalue weighted by Crippen LogP contribution is -1.88. The second kappa shape index (κ2) is 6.74. The van der Waals surface area contributed by atoms with Crippen LogP contribution in [0.4, 0.5) is 0 Å². The first-order valence-corrected chi connectivity index (χ1v) is 8.49. The first-order valence-electron chi connectivity index (χ1n) is 8.49. The lowest BCUT2D eigenvalue weighted by atomic mass is 9.96. The summed E-state index contributed by atoms with van der Waals surface area (Å²) in [5.74, 6) is 0. The quantitative estimate of drug-likeness (QED) is 0.426. The monoisotopic (exact) mass is 321 g/mol. The molecule has 0 radical (unpaired) electrons. The Labute approximate surface area is 148 Å². The highest BCUT2D eigenvalue weighted by atomic mass is 14.7. The fourth-order valence-corrected chi connectivity index (χ4v) is 3.09. The molecule has 4 aromatic rings.